The maximum Gasteiger partial charge on any atom is 0.271 e. The average molecular weight is 277 g/mol. The standard InChI is InChI=1S/C15H11N5O/c21-15(11-5-7-16-8-6-11)20-18-10-12-9-17-13-3-1-2-4-14(13)19-12/h1-10H,(H,20,21)/b18-10+. The van der Waals surface area contributed by atoms with Crippen LogP contribution >= 0.6 is 0 Å². The van der Waals surface area contributed by atoms with Crippen molar-refractivity contribution in [2.24, 2.45) is 5.10 Å². The molecule has 0 spiro atoms. The number of pyridine rings is 1. The van der Waals surface area contributed by atoms with Crippen molar-refractivity contribution in [1.29, 1.82) is 0 Å². The van der Waals surface area contributed by atoms with Crippen molar-refractivity contribution in [1.82, 2.24) is 20.4 Å². The molecule has 6 heteroatoms. The van der Waals surface area contributed by atoms with Crippen LogP contribution in [-0.2, 0) is 0 Å². The fourth-order valence-electron chi connectivity index (χ4n) is 1.76. The molecular weight excluding hydrogens is 266 g/mol. The van der Waals surface area contributed by atoms with Gasteiger partial charge in [-0.2, -0.15) is 5.10 Å². The third-order valence-electron chi connectivity index (χ3n) is 2.77. The van der Waals surface area contributed by atoms with Gasteiger partial charge in [-0.25, -0.2) is 10.4 Å². The number of hydrogen-bond acceptors (Lipinski definition) is 5. The van der Waals surface area contributed by atoms with Crippen LogP contribution in [0.5, 0.6) is 0 Å². The lowest BCUT2D eigenvalue weighted by Gasteiger charge is -1.99. The molecule has 102 valence electrons. The molecule has 0 aliphatic carbocycles. The van der Waals surface area contributed by atoms with E-state index >= 15 is 0 Å². The SMILES string of the molecule is O=C(N/N=C/c1cnc2ccccc2n1)c1ccncc1. The van der Waals surface area contributed by atoms with Crippen LogP contribution in [0.3, 0.4) is 0 Å². The van der Waals surface area contributed by atoms with E-state index < -0.39 is 0 Å². The maximum absolute atomic E-state index is 11.8. The number of aromatic nitrogens is 3. The molecule has 21 heavy (non-hydrogen) atoms. The van der Waals surface area contributed by atoms with Crippen molar-refractivity contribution < 1.29 is 4.79 Å². The van der Waals surface area contributed by atoms with Gasteiger partial charge in [0.15, 0.2) is 0 Å². The zero-order valence-corrected chi connectivity index (χ0v) is 11.0. The van der Waals surface area contributed by atoms with Crippen LogP contribution in [0, 0.1) is 0 Å². The first-order valence-electron chi connectivity index (χ1n) is 6.28. The molecule has 3 aromatic rings. The van der Waals surface area contributed by atoms with Crippen molar-refractivity contribution in [3.8, 4) is 0 Å². The highest BCUT2D eigenvalue weighted by molar-refractivity contribution is 5.94. The van der Waals surface area contributed by atoms with Gasteiger partial charge in [0.1, 0.15) is 5.69 Å². The predicted octanol–water partition coefficient (Wildman–Crippen LogP) is 1.79. The minimum atomic E-state index is -0.303. The van der Waals surface area contributed by atoms with Crippen molar-refractivity contribution in [2.45, 2.75) is 0 Å². The number of nitrogens with zero attached hydrogens (tertiary/aromatic N) is 4. The van der Waals surface area contributed by atoms with Crippen LogP contribution < -0.4 is 5.43 Å². The first kappa shape index (κ1) is 12.9. The second-order valence-electron chi connectivity index (χ2n) is 4.22. The summed E-state index contributed by atoms with van der Waals surface area (Å²) in [6, 6.07) is 10.8. The van der Waals surface area contributed by atoms with Crippen LogP contribution in [0.2, 0.25) is 0 Å². The number of rotatable bonds is 3. The van der Waals surface area contributed by atoms with Crippen molar-refractivity contribution in [2.75, 3.05) is 0 Å². The van der Waals surface area contributed by atoms with E-state index in [1.54, 1.807) is 30.7 Å². The number of carbonyl (C=O) groups excluding carboxylic acids is 1. The van der Waals surface area contributed by atoms with E-state index in [9.17, 15) is 4.79 Å². The van der Waals surface area contributed by atoms with Gasteiger partial charge in [-0.05, 0) is 24.3 Å². The summed E-state index contributed by atoms with van der Waals surface area (Å²) < 4.78 is 0. The molecule has 2 heterocycles. The van der Waals surface area contributed by atoms with Gasteiger partial charge >= 0.3 is 0 Å². The molecule has 0 unspecified atom stereocenters. The number of benzene rings is 1. The van der Waals surface area contributed by atoms with E-state index in [0.717, 1.165) is 11.0 Å². The Bertz CT molecular complexity index is 801. The average Bonchev–Trinajstić information content (AvgIpc) is 2.55. The molecule has 0 aliphatic heterocycles. The highest BCUT2D eigenvalue weighted by atomic mass is 16.2. The Morgan fingerprint density at radius 1 is 1.10 bits per heavy atom. The fourth-order valence-corrected chi connectivity index (χ4v) is 1.76. The summed E-state index contributed by atoms with van der Waals surface area (Å²) in [5.74, 6) is -0.303. The van der Waals surface area contributed by atoms with Crippen LogP contribution in [-0.4, -0.2) is 27.1 Å². The Labute approximate surface area is 120 Å². The van der Waals surface area contributed by atoms with E-state index in [1.807, 2.05) is 24.3 Å². The Kier molecular flexibility index (Phi) is 3.60. The van der Waals surface area contributed by atoms with Gasteiger partial charge in [-0.15, -0.1) is 0 Å². The third kappa shape index (κ3) is 3.06. The van der Waals surface area contributed by atoms with Crippen LogP contribution in [0.15, 0.2) is 60.1 Å². The van der Waals surface area contributed by atoms with E-state index in [0.29, 0.717) is 11.3 Å². The zero-order chi connectivity index (χ0) is 14.5. The summed E-state index contributed by atoms with van der Waals surface area (Å²) in [4.78, 5) is 24.2. The zero-order valence-electron chi connectivity index (χ0n) is 11.0. The number of para-hydroxylation sites is 2. The molecule has 0 radical (unpaired) electrons. The molecule has 6 nitrogen and oxygen atoms in total. The maximum atomic E-state index is 11.8. The van der Waals surface area contributed by atoms with Gasteiger partial charge in [0, 0.05) is 18.0 Å². The number of amides is 1. The Morgan fingerprint density at radius 3 is 2.67 bits per heavy atom. The van der Waals surface area contributed by atoms with Crippen molar-refractivity contribution >= 4 is 23.2 Å². The molecule has 0 aliphatic rings. The number of nitrogens with one attached hydrogen (secondary N) is 1. The molecule has 0 saturated heterocycles. The van der Waals surface area contributed by atoms with Crippen LogP contribution in [0.25, 0.3) is 11.0 Å². The van der Waals surface area contributed by atoms with Gasteiger partial charge < -0.3 is 0 Å². The molecule has 0 saturated carbocycles. The molecular formula is C15H11N5O. The second kappa shape index (κ2) is 5.87. The minimum absolute atomic E-state index is 0.303. The summed E-state index contributed by atoms with van der Waals surface area (Å²) in [6.45, 7) is 0. The molecule has 0 bridgehead atoms. The predicted molar refractivity (Wildman–Crippen MR) is 78.8 cm³/mol. The molecule has 2 aromatic heterocycles. The van der Waals surface area contributed by atoms with E-state index in [2.05, 4.69) is 25.5 Å². The lowest BCUT2D eigenvalue weighted by atomic mass is 10.3. The van der Waals surface area contributed by atoms with Gasteiger partial charge in [-0.3, -0.25) is 14.8 Å². The highest BCUT2D eigenvalue weighted by Crippen LogP contribution is 2.07. The summed E-state index contributed by atoms with van der Waals surface area (Å²) in [5.41, 5.74) is 5.09. The van der Waals surface area contributed by atoms with Crippen molar-refractivity contribution in [3.63, 3.8) is 0 Å². The third-order valence-corrected chi connectivity index (χ3v) is 2.77. The first-order chi connectivity index (χ1) is 10.3. The van der Waals surface area contributed by atoms with E-state index in [4.69, 9.17) is 0 Å². The van der Waals surface area contributed by atoms with E-state index in [1.165, 1.54) is 6.21 Å². The van der Waals surface area contributed by atoms with Crippen LogP contribution in [0.1, 0.15) is 16.1 Å². The molecule has 0 fully saturated rings. The van der Waals surface area contributed by atoms with Crippen LogP contribution in [0.4, 0.5) is 0 Å². The number of hydrogen-bond donors (Lipinski definition) is 1. The number of fused-ring (bicyclic) bond motifs is 1. The molecule has 0 atom stereocenters. The molecule has 1 aromatic carbocycles. The Hall–Kier alpha value is -3.15. The summed E-state index contributed by atoms with van der Waals surface area (Å²) >= 11 is 0. The quantitative estimate of drug-likeness (QED) is 0.584. The highest BCUT2D eigenvalue weighted by Gasteiger charge is 2.02. The van der Waals surface area contributed by atoms with Gasteiger partial charge in [-0.1, -0.05) is 12.1 Å². The van der Waals surface area contributed by atoms with Gasteiger partial charge in [0.05, 0.1) is 23.4 Å². The lowest BCUT2D eigenvalue weighted by molar-refractivity contribution is 0.0955. The molecule has 1 amide bonds. The summed E-state index contributed by atoms with van der Waals surface area (Å²) in [6.07, 6.45) is 6.16. The smallest absolute Gasteiger partial charge is 0.267 e. The first-order valence-corrected chi connectivity index (χ1v) is 6.28. The van der Waals surface area contributed by atoms with Gasteiger partial charge in [0.2, 0.25) is 0 Å². The summed E-state index contributed by atoms with van der Waals surface area (Å²) in [5, 5.41) is 3.88. The second-order valence-corrected chi connectivity index (χ2v) is 4.22. The minimum Gasteiger partial charge on any atom is -0.267 e. The van der Waals surface area contributed by atoms with E-state index in [-0.39, 0.29) is 5.91 Å². The summed E-state index contributed by atoms with van der Waals surface area (Å²) in [7, 11) is 0. The Morgan fingerprint density at radius 2 is 1.86 bits per heavy atom. The van der Waals surface area contributed by atoms with Gasteiger partial charge in [0.25, 0.3) is 5.91 Å². The normalized spacial score (nSPS) is 10.9. The lowest BCUT2D eigenvalue weighted by Crippen LogP contribution is -2.17. The monoisotopic (exact) mass is 277 g/mol. The number of hydrazone groups is 1. The number of carbonyl (C=O) groups is 1. The fraction of sp³-hybridized carbons (Fsp3) is 0. The largest absolute Gasteiger partial charge is 0.271 e. The molecule has 3 rings (SSSR count). The molecule has 1 N–H and O–H groups in total. The van der Waals surface area contributed by atoms with Crippen molar-refractivity contribution in [3.05, 3.63) is 66.2 Å². The Balaban J connectivity index is 1.71. The topological polar surface area (TPSA) is 80.1 Å².